The van der Waals surface area contributed by atoms with Crippen LogP contribution in [-0.4, -0.2) is 31.7 Å². The van der Waals surface area contributed by atoms with Gasteiger partial charge < -0.3 is 15.4 Å². The molecule has 4 nitrogen and oxygen atoms in total. The fraction of sp³-hybridized carbons (Fsp3) is 0.462. The molecule has 1 aliphatic heterocycles. The van der Waals surface area contributed by atoms with Gasteiger partial charge in [0.25, 0.3) is 0 Å². The Morgan fingerprint density at radius 3 is 2.79 bits per heavy atom. The molecule has 0 amide bonds. The van der Waals surface area contributed by atoms with E-state index in [0.29, 0.717) is 13.1 Å². The highest BCUT2D eigenvalue weighted by atomic mass is 19.1. The third kappa shape index (κ3) is 2.84. The molecule has 0 radical (unpaired) electrons. The smallest absolute Gasteiger partial charge is 0.341 e. The van der Waals surface area contributed by atoms with Gasteiger partial charge in [0.1, 0.15) is 11.6 Å². The monoisotopic (exact) mass is 270 g/mol. The van der Waals surface area contributed by atoms with Crippen molar-refractivity contribution < 1.29 is 18.3 Å². The van der Waals surface area contributed by atoms with Crippen molar-refractivity contribution in [3.63, 3.8) is 0 Å². The van der Waals surface area contributed by atoms with E-state index >= 15 is 0 Å². The number of halogens is 2. The molecule has 1 aromatic rings. The van der Waals surface area contributed by atoms with Crippen molar-refractivity contribution in [2.45, 2.75) is 19.4 Å². The Balaban J connectivity index is 2.29. The summed E-state index contributed by atoms with van der Waals surface area (Å²) in [4.78, 5) is 13.1. The predicted octanol–water partition coefficient (Wildman–Crippen LogP) is 1.68. The molecule has 0 aromatic heterocycles. The lowest BCUT2D eigenvalue weighted by Gasteiger charge is -2.19. The Hall–Kier alpha value is -1.69. The van der Waals surface area contributed by atoms with Gasteiger partial charge in [0, 0.05) is 25.2 Å². The Morgan fingerprint density at radius 2 is 2.21 bits per heavy atom. The van der Waals surface area contributed by atoms with Crippen molar-refractivity contribution in [2.75, 3.05) is 24.6 Å². The van der Waals surface area contributed by atoms with E-state index in [9.17, 15) is 13.6 Å². The van der Waals surface area contributed by atoms with Crippen molar-refractivity contribution in [1.29, 1.82) is 0 Å². The SMILES string of the molecule is CCOC(=O)c1cc(F)c(N2CCC(N)C2)cc1F. The van der Waals surface area contributed by atoms with E-state index in [0.717, 1.165) is 18.6 Å². The predicted molar refractivity (Wildman–Crippen MR) is 67.1 cm³/mol. The highest BCUT2D eigenvalue weighted by molar-refractivity contribution is 5.90. The van der Waals surface area contributed by atoms with Gasteiger partial charge in [-0.1, -0.05) is 0 Å². The number of benzene rings is 1. The maximum atomic E-state index is 14.0. The molecular weight excluding hydrogens is 254 g/mol. The van der Waals surface area contributed by atoms with Crippen LogP contribution in [0.5, 0.6) is 0 Å². The van der Waals surface area contributed by atoms with E-state index in [1.807, 2.05) is 0 Å². The second kappa shape index (κ2) is 5.52. The molecule has 1 unspecified atom stereocenters. The van der Waals surface area contributed by atoms with Gasteiger partial charge in [0.2, 0.25) is 0 Å². The van der Waals surface area contributed by atoms with E-state index < -0.39 is 17.6 Å². The third-order valence-electron chi connectivity index (χ3n) is 3.10. The Bertz CT molecular complexity index is 494. The summed E-state index contributed by atoms with van der Waals surface area (Å²) in [5, 5.41) is 0. The zero-order valence-electron chi connectivity index (χ0n) is 10.7. The van der Waals surface area contributed by atoms with E-state index in [4.69, 9.17) is 5.73 Å². The molecule has 1 atom stereocenters. The van der Waals surface area contributed by atoms with Gasteiger partial charge in [-0.3, -0.25) is 0 Å². The van der Waals surface area contributed by atoms with Crippen LogP contribution in [0.1, 0.15) is 23.7 Å². The molecule has 1 aromatic carbocycles. The molecule has 1 heterocycles. The lowest BCUT2D eigenvalue weighted by molar-refractivity contribution is 0.0520. The number of ether oxygens (including phenoxy) is 1. The van der Waals surface area contributed by atoms with Crippen LogP contribution < -0.4 is 10.6 Å². The summed E-state index contributed by atoms with van der Waals surface area (Å²) in [5.74, 6) is -2.28. The zero-order chi connectivity index (χ0) is 14.0. The van der Waals surface area contributed by atoms with Gasteiger partial charge >= 0.3 is 5.97 Å². The first kappa shape index (κ1) is 13.7. The fourth-order valence-corrected chi connectivity index (χ4v) is 2.15. The van der Waals surface area contributed by atoms with E-state index in [1.165, 1.54) is 0 Å². The van der Waals surface area contributed by atoms with Gasteiger partial charge in [0.05, 0.1) is 17.9 Å². The van der Waals surface area contributed by atoms with E-state index in [2.05, 4.69) is 4.74 Å². The van der Waals surface area contributed by atoms with Gasteiger partial charge in [-0.05, 0) is 19.4 Å². The molecule has 2 N–H and O–H groups in total. The highest BCUT2D eigenvalue weighted by Crippen LogP contribution is 2.26. The maximum absolute atomic E-state index is 14.0. The Morgan fingerprint density at radius 1 is 1.47 bits per heavy atom. The standard InChI is InChI=1S/C13H16F2N2O2/c1-2-19-13(18)9-5-11(15)12(6-10(9)14)17-4-3-8(16)7-17/h5-6,8H,2-4,7,16H2,1H3. The molecule has 2 rings (SSSR count). The van der Waals surface area contributed by atoms with Crippen LogP contribution in [-0.2, 0) is 4.74 Å². The number of nitrogens with zero attached hydrogens (tertiary/aromatic N) is 1. The van der Waals surface area contributed by atoms with Crippen molar-refractivity contribution >= 4 is 11.7 Å². The normalized spacial score (nSPS) is 18.7. The lowest BCUT2D eigenvalue weighted by atomic mass is 10.1. The molecule has 1 aliphatic rings. The van der Waals surface area contributed by atoms with Crippen molar-refractivity contribution in [1.82, 2.24) is 0 Å². The minimum atomic E-state index is -0.858. The number of carbonyl (C=O) groups excluding carboxylic acids is 1. The van der Waals surface area contributed by atoms with Crippen LogP contribution in [0.3, 0.4) is 0 Å². The van der Waals surface area contributed by atoms with Gasteiger partial charge in [-0.25, -0.2) is 13.6 Å². The van der Waals surface area contributed by atoms with E-state index in [1.54, 1.807) is 11.8 Å². The topological polar surface area (TPSA) is 55.6 Å². The van der Waals surface area contributed by atoms with Crippen LogP contribution in [0.25, 0.3) is 0 Å². The van der Waals surface area contributed by atoms with Crippen LogP contribution in [0.15, 0.2) is 12.1 Å². The second-order valence-electron chi connectivity index (χ2n) is 4.50. The number of carbonyl (C=O) groups is 1. The minimum absolute atomic E-state index is 0.0350. The summed E-state index contributed by atoms with van der Waals surface area (Å²) >= 11 is 0. The molecule has 0 bridgehead atoms. The van der Waals surface area contributed by atoms with Crippen LogP contribution in [0.4, 0.5) is 14.5 Å². The van der Waals surface area contributed by atoms with Gasteiger partial charge in [0.15, 0.2) is 0 Å². The largest absolute Gasteiger partial charge is 0.462 e. The van der Waals surface area contributed by atoms with Gasteiger partial charge in [-0.15, -0.1) is 0 Å². The molecule has 0 saturated carbocycles. The molecule has 0 spiro atoms. The lowest BCUT2D eigenvalue weighted by Crippen LogP contribution is -2.27. The average Bonchev–Trinajstić information content (AvgIpc) is 2.78. The summed E-state index contributed by atoms with van der Waals surface area (Å²) in [5.41, 5.74) is 5.49. The summed E-state index contributed by atoms with van der Waals surface area (Å²) < 4.78 is 32.4. The van der Waals surface area contributed by atoms with Gasteiger partial charge in [-0.2, -0.15) is 0 Å². The summed E-state index contributed by atoms with van der Waals surface area (Å²) in [6.07, 6.45) is 0.737. The van der Waals surface area contributed by atoms with Crippen molar-refractivity contribution in [3.05, 3.63) is 29.3 Å². The first-order valence-corrected chi connectivity index (χ1v) is 6.19. The van der Waals surface area contributed by atoms with Crippen molar-refractivity contribution in [3.8, 4) is 0 Å². The first-order chi connectivity index (χ1) is 9.02. The first-order valence-electron chi connectivity index (χ1n) is 6.19. The zero-order valence-corrected chi connectivity index (χ0v) is 10.7. The number of hydrogen-bond donors (Lipinski definition) is 1. The number of hydrogen-bond acceptors (Lipinski definition) is 4. The molecule has 104 valence electrons. The van der Waals surface area contributed by atoms with Crippen molar-refractivity contribution in [2.24, 2.45) is 5.73 Å². The molecule has 6 heteroatoms. The van der Waals surface area contributed by atoms with Crippen LogP contribution in [0, 0.1) is 11.6 Å². The third-order valence-corrected chi connectivity index (χ3v) is 3.10. The number of esters is 1. The summed E-state index contributed by atoms with van der Waals surface area (Å²) in [6.45, 7) is 2.78. The average molecular weight is 270 g/mol. The maximum Gasteiger partial charge on any atom is 0.341 e. The Kier molecular flexibility index (Phi) is 3.99. The van der Waals surface area contributed by atoms with Crippen LogP contribution in [0.2, 0.25) is 0 Å². The summed E-state index contributed by atoms with van der Waals surface area (Å²) in [7, 11) is 0. The molecule has 1 saturated heterocycles. The molecule has 1 fully saturated rings. The summed E-state index contributed by atoms with van der Waals surface area (Å²) in [6, 6.07) is 1.87. The number of nitrogens with two attached hydrogens (primary N) is 1. The Labute approximate surface area is 110 Å². The van der Waals surface area contributed by atoms with E-state index in [-0.39, 0.29) is 23.9 Å². The van der Waals surface area contributed by atoms with Crippen LogP contribution >= 0.6 is 0 Å². The molecule has 19 heavy (non-hydrogen) atoms. The quantitative estimate of drug-likeness (QED) is 0.849. The number of anilines is 1. The molecule has 0 aliphatic carbocycles. The minimum Gasteiger partial charge on any atom is -0.462 e. The fourth-order valence-electron chi connectivity index (χ4n) is 2.15. The molecular formula is C13H16F2N2O2. The number of rotatable bonds is 3. The second-order valence-corrected chi connectivity index (χ2v) is 4.50. The highest BCUT2D eigenvalue weighted by Gasteiger charge is 2.24.